The fraction of sp³-hybridized carbons (Fsp3) is 0.600. The summed E-state index contributed by atoms with van der Waals surface area (Å²) in [6.45, 7) is 7.36. The lowest BCUT2D eigenvalue weighted by molar-refractivity contribution is -0.133. The van der Waals surface area contributed by atoms with Crippen molar-refractivity contribution < 1.29 is 22.7 Å². The van der Waals surface area contributed by atoms with Crippen LogP contribution in [0.25, 0.3) is 0 Å². The van der Waals surface area contributed by atoms with E-state index < -0.39 is 23.3 Å². The lowest BCUT2D eigenvalue weighted by atomic mass is 10.1. The second-order valence-electron chi connectivity index (χ2n) is 6.91. The molecule has 0 aromatic heterocycles. The van der Waals surface area contributed by atoms with Crippen LogP contribution in [0.15, 0.2) is 23.3 Å². The number of methoxy groups -OCH3 is 1. The van der Waals surface area contributed by atoms with Crippen molar-refractivity contribution in [1.29, 1.82) is 0 Å². The van der Waals surface area contributed by atoms with Crippen LogP contribution in [-0.2, 0) is 4.79 Å². The smallest absolute Gasteiger partial charge is 0.432 e. The van der Waals surface area contributed by atoms with E-state index in [9.17, 15) is 18.0 Å². The number of anilines is 1. The van der Waals surface area contributed by atoms with Gasteiger partial charge in [0.1, 0.15) is 17.7 Å². The van der Waals surface area contributed by atoms with Crippen molar-refractivity contribution in [3.63, 3.8) is 0 Å². The van der Waals surface area contributed by atoms with Crippen LogP contribution >= 0.6 is 23.2 Å². The van der Waals surface area contributed by atoms with Gasteiger partial charge in [-0.25, -0.2) is 0 Å². The molecule has 1 saturated heterocycles. The fourth-order valence-corrected chi connectivity index (χ4v) is 3.85. The molecule has 2 aliphatic rings. The SMILES string of the molecule is CC.COc1cc(N2CCN(C(=O)CN3N=C(C(F)(F)F)C(Cl)C3C)CC2)ccc1Cl. The zero-order valence-corrected chi connectivity index (χ0v) is 19.4. The fourth-order valence-electron chi connectivity index (χ4n) is 3.35. The van der Waals surface area contributed by atoms with Crippen molar-refractivity contribution in [2.45, 2.75) is 38.4 Å². The van der Waals surface area contributed by atoms with E-state index in [1.165, 1.54) is 6.92 Å². The van der Waals surface area contributed by atoms with E-state index in [0.717, 1.165) is 10.7 Å². The molecule has 2 heterocycles. The number of carbonyl (C=O) groups excluding carboxylic acids is 1. The van der Waals surface area contributed by atoms with Crippen molar-refractivity contribution in [3.05, 3.63) is 23.2 Å². The number of hydrogen-bond donors (Lipinski definition) is 0. The minimum Gasteiger partial charge on any atom is -0.495 e. The van der Waals surface area contributed by atoms with Crippen LogP contribution in [0.3, 0.4) is 0 Å². The molecule has 3 rings (SSSR count). The molecule has 6 nitrogen and oxygen atoms in total. The zero-order valence-electron chi connectivity index (χ0n) is 17.9. The van der Waals surface area contributed by atoms with E-state index in [2.05, 4.69) is 10.0 Å². The second-order valence-corrected chi connectivity index (χ2v) is 7.79. The number of hydrazone groups is 1. The average molecular weight is 483 g/mol. The Hall–Kier alpha value is -1.87. The van der Waals surface area contributed by atoms with Gasteiger partial charge in [0.2, 0.25) is 5.91 Å². The Bertz CT molecular complexity index is 799. The Balaban J connectivity index is 0.00000166. The first kappa shape index (κ1) is 25.4. The minimum absolute atomic E-state index is 0.237. The number of halogens is 5. The van der Waals surface area contributed by atoms with Gasteiger partial charge in [-0.05, 0) is 19.1 Å². The second kappa shape index (κ2) is 10.6. The summed E-state index contributed by atoms with van der Waals surface area (Å²) in [4.78, 5) is 16.3. The largest absolute Gasteiger partial charge is 0.495 e. The monoisotopic (exact) mass is 482 g/mol. The molecule has 1 fully saturated rings. The van der Waals surface area contributed by atoms with Crippen LogP contribution in [0.1, 0.15) is 20.8 Å². The molecule has 0 saturated carbocycles. The molecule has 0 bridgehead atoms. The van der Waals surface area contributed by atoms with Crippen molar-refractivity contribution in [2.75, 3.05) is 44.7 Å². The summed E-state index contributed by atoms with van der Waals surface area (Å²) >= 11 is 11.9. The van der Waals surface area contributed by atoms with Crippen molar-refractivity contribution >= 4 is 40.5 Å². The van der Waals surface area contributed by atoms with Gasteiger partial charge in [0.05, 0.1) is 18.2 Å². The highest BCUT2D eigenvalue weighted by Gasteiger charge is 2.48. The van der Waals surface area contributed by atoms with Crippen molar-refractivity contribution in [2.24, 2.45) is 5.10 Å². The van der Waals surface area contributed by atoms with Gasteiger partial charge in [-0.2, -0.15) is 18.3 Å². The van der Waals surface area contributed by atoms with Crippen LogP contribution in [0.4, 0.5) is 18.9 Å². The third kappa shape index (κ3) is 5.88. The number of carbonyl (C=O) groups is 1. The third-order valence-electron chi connectivity index (χ3n) is 5.11. The van der Waals surface area contributed by atoms with E-state index in [1.807, 2.05) is 26.0 Å². The van der Waals surface area contributed by atoms with Crippen LogP contribution < -0.4 is 9.64 Å². The van der Waals surface area contributed by atoms with E-state index in [1.54, 1.807) is 18.1 Å². The summed E-state index contributed by atoms with van der Waals surface area (Å²) in [7, 11) is 1.54. The Morgan fingerprint density at radius 3 is 2.35 bits per heavy atom. The van der Waals surface area contributed by atoms with E-state index in [4.69, 9.17) is 27.9 Å². The highest BCUT2D eigenvalue weighted by atomic mass is 35.5. The number of rotatable bonds is 4. The Labute approximate surface area is 190 Å². The number of benzene rings is 1. The molecule has 0 radical (unpaired) electrons. The molecule has 11 heteroatoms. The maximum atomic E-state index is 13.0. The number of amides is 1. The first-order valence-electron chi connectivity index (χ1n) is 10.0. The van der Waals surface area contributed by atoms with E-state index in [-0.39, 0.29) is 12.5 Å². The number of ether oxygens (including phenoxy) is 1. The predicted molar refractivity (Wildman–Crippen MR) is 117 cm³/mol. The highest BCUT2D eigenvalue weighted by molar-refractivity contribution is 6.34. The summed E-state index contributed by atoms with van der Waals surface area (Å²) in [6, 6.07) is 4.75. The lowest BCUT2D eigenvalue weighted by Gasteiger charge is -2.37. The molecule has 0 aliphatic carbocycles. The molecule has 0 spiro atoms. The van der Waals surface area contributed by atoms with Gasteiger partial charge in [-0.15, -0.1) is 11.6 Å². The molecule has 0 N–H and O–H groups in total. The summed E-state index contributed by atoms with van der Waals surface area (Å²) in [5.41, 5.74) is -0.128. The van der Waals surface area contributed by atoms with Crippen LogP contribution in [-0.4, -0.2) is 79.0 Å². The van der Waals surface area contributed by atoms with Crippen LogP contribution in [0.2, 0.25) is 5.02 Å². The highest BCUT2D eigenvalue weighted by Crippen LogP contribution is 2.32. The summed E-state index contributed by atoms with van der Waals surface area (Å²) in [5, 5.41) is 3.90. The maximum Gasteiger partial charge on any atom is 0.432 e. The number of alkyl halides is 4. The first-order valence-corrected chi connectivity index (χ1v) is 10.9. The molecule has 1 aromatic rings. The molecule has 31 heavy (non-hydrogen) atoms. The minimum atomic E-state index is -4.61. The average Bonchev–Trinajstić information content (AvgIpc) is 3.04. The van der Waals surface area contributed by atoms with Gasteiger partial charge >= 0.3 is 6.18 Å². The molecular formula is C20H27Cl2F3N4O2. The van der Waals surface area contributed by atoms with Gasteiger partial charge in [0, 0.05) is 37.9 Å². The standard InChI is InChI=1S/C18H21Cl2F3N4O2.C2H6/c1-11-16(20)17(18(21,22)23)24-27(11)10-15(28)26-7-5-25(6-8-26)12-3-4-13(19)14(9-12)29-2;1-2/h3-4,9,11,16H,5-8,10H2,1-2H3;1-2H3. The molecule has 2 atom stereocenters. The number of piperazine rings is 1. The molecule has 1 aromatic carbocycles. The van der Waals surface area contributed by atoms with Gasteiger partial charge in [-0.1, -0.05) is 25.4 Å². The van der Waals surface area contributed by atoms with Gasteiger partial charge in [-0.3, -0.25) is 9.80 Å². The van der Waals surface area contributed by atoms with E-state index >= 15 is 0 Å². The predicted octanol–water partition coefficient (Wildman–Crippen LogP) is 4.25. The molecule has 1 amide bonds. The van der Waals surface area contributed by atoms with Crippen LogP contribution in [0.5, 0.6) is 5.75 Å². The van der Waals surface area contributed by atoms with Gasteiger partial charge in [0.15, 0.2) is 5.71 Å². The van der Waals surface area contributed by atoms with Gasteiger partial charge in [0.25, 0.3) is 0 Å². The first-order chi connectivity index (χ1) is 14.6. The van der Waals surface area contributed by atoms with Crippen molar-refractivity contribution in [3.8, 4) is 5.75 Å². The van der Waals surface area contributed by atoms with Crippen LogP contribution in [0, 0.1) is 0 Å². The normalized spacial score (nSPS) is 21.5. The number of nitrogens with zero attached hydrogens (tertiary/aromatic N) is 4. The Morgan fingerprint density at radius 1 is 1.23 bits per heavy atom. The topological polar surface area (TPSA) is 48.4 Å². The molecule has 174 valence electrons. The summed E-state index contributed by atoms with van der Waals surface area (Å²) in [5.74, 6) is 0.292. The lowest BCUT2D eigenvalue weighted by Crippen LogP contribution is -2.51. The molecule has 2 unspecified atom stereocenters. The van der Waals surface area contributed by atoms with E-state index in [0.29, 0.717) is 37.0 Å². The number of hydrogen-bond acceptors (Lipinski definition) is 5. The molecule has 2 aliphatic heterocycles. The quantitative estimate of drug-likeness (QED) is 0.601. The Morgan fingerprint density at radius 2 is 1.84 bits per heavy atom. The maximum absolute atomic E-state index is 13.0. The van der Waals surface area contributed by atoms with Crippen molar-refractivity contribution in [1.82, 2.24) is 9.91 Å². The third-order valence-corrected chi connectivity index (χ3v) is 5.99. The summed E-state index contributed by atoms with van der Waals surface area (Å²) in [6.07, 6.45) is -4.61. The Kier molecular flexibility index (Phi) is 8.71. The summed E-state index contributed by atoms with van der Waals surface area (Å²) < 4.78 is 44.1. The van der Waals surface area contributed by atoms with Gasteiger partial charge < -0.3 is 14.5 Å². The molecular weight excluding hydrogens is 456 g/mol. The zero-order chi connectivity index (χ0) is 23.3.